The number of benzene rings is 1. The van der Waals surface area contributed by atoms with Crippen molar-refractivity contribution in [2.24, 2.45) is 0 Å². The highest BCUT2D eigenvalue weighted by Crippen LogP contribution is 2.33. The van der Waals surface area contributed by atoms with Crippen LogP contribution in [0.2, 0.25) is 10.0 Å². The Bertz CT molecular complexity index is 309. The van der Waals surface area contributed by atoms with Gasteiger partial charge in [-0.2, -0.15) is 0 Å². The Morgan fingerprint density at radius 2 is 1.86 bits per heavy atom. The molecule has 0 saturated heterocycles. The minimum Gasteiger partial charge on any atom is -0.0916 e. The molecular weight excluding hydrogens is 215 g/mol. The second kappa shape index (κ2) is 5.43. The van der Waals surface area contributed by atoms with Gasteiger partial charge in [0.2, 0.25) is 0 Å². The Morgan fingerprint density at radius 1 is 1.29 bits per heavy atom. The molecule has 0 aliphatic heterocycles. The average Bonchev–Trinajstić information content (AvgIpc) is 2.14. The van der Waals surface area contributed by atoms with Gasteiger partial charge in [-0.05, 0) is 37.0 Å². The van der Waals surface area contributed by atoms with E-state index in [2.05, 4.69) is 13.0 Å². The minimum atomic E-state index is 0.368. The highest BCUT2D eigenvalue weighted by atomic mass is 35.5. The van der Waals surface area contributed by atoms with Gasteiger partial charge in [0, 0.05) is 10.0 Å². The lowest BCUT2D eigenvalue weighted by Gasteiger charge is -2.13. The number of rotatable bonds is 3. The monoisotopic (exact) mass is 228 g/mol. The molecule has 14 heavy (non-hydrogen) atoms. The summed E-state index contributed by atoms with van der Waals surface area (Å²) < 4.78 is 0. The lowest BCUT2D eigenvalue weighted by atomic mass is 9.97. The van der Waals surface area contributed by atoms with Crippen LogP contribution in [0.1, 0.15) is 31.7 Å². The highest BCUT2D eigenvalue weighted by Gasteiger charge is 2.11. The summed E-state index contributed by atoms with van der Waals surface area (Å²) in [5, 5.41) is 1.52. The second-order valence-corrected chi connectivity index (χ2v) is 4.16. The zero-order chi connectivity index (χ0) is 10.6. The van der Waals surface area contributed by atoms with Crippen molar-refractivity contribution in [3.63, 3.8) is 0 Å². The zero-order valence-electron chi connectivity index (χ0n) is 8.43. The third-order valence-corrected chi connectivity index (χ3v) is 2.88. The Morgan fingerprint density at radius 3 is 2.36 bits per heavy atom. The fourth-order valence-electron chi connectivity index (χ4n) is 1.44. The van der Waals surface area contributed by atoms with Crippen LogP contribution in [0.3, 0.4) is 0 Å². The van der Waals surface area contributed by atoms with E-state index in [4.69, 9.17) is 23.2 Å². The minimum absolute atomic E-state index is 0.368. The van der Waals surface area contributed by atoms with Crippen molar-refractivity contribution >= 4 is 23.2 Å². The number of allylic oxidation sites excluding steroid dienone is 2. The third-order valence-electron chi connectivity index (χ3n) is 2.22. The summed E-state index contributed by atoms with van der Waals surface area (Å²) in [7, 11) is 0. The molecule has 76 valence electrons. The normalized spacial score (nSPS) is 13.4. The molecule has 0 bridgehead atoms. The molecule has 1 aromatic carbocycles. The van der Waals surface area contributed by atoms with E-state index >= 15 is 0 Å². The molecule has 1 aromatic rings. The van der Waals surface area contributed by atoms with Gasteiger partial charge >= 0.3 is 0 Å². The molecule has 0 aliphatic carbocycles. The summed E-state index contributed by atoms with van der Waals surface area (Å²) in [4.78, 5) is 0. The van der Waals surface area contributed by atoms with Crippen LogP contribution in [0.15, 0.2) is 30.4 Å². The number of halogens is 2. The lowest BCUT2D eigenvalue weighted by molar-refractivity contribution is 0.780. The van der Waals surface area contributed by atoms with E-state index in [1.165, 1.54) is 0 Å². The van der Waals surface area contributed by atoms with Crippen molar-refractivity contribution in [1.29, 1.82) is 0 Å². The maximum Gasteiger partial charge on any atom is 0.0455 e. The van der Waals surface area contributed by atoms with Gasteiger partial charge in [-0.25, -0.2) is 0 Å². The first-order chi connectivity index (χ1) is 6.66. The summed E-state index contributed by atoms with van der Waals surface area (Å²) in [5.41, 5.74) is 1.05. The van der Waals surface area contributed by atoms with Crippen molar-refractivity contribution in [2.45, 2.75) is 26.2 Å². The van der Waals surface area contributed by atoms with Crippen LogP contribution in [0, 0.1) is 0 Å². The van der Waals surface area contributed by atoms with Crippen molar-refractivity contribution in [2.75, 3.05) is 0 Å². The van der Waals surface area contributed by atoms with E-state index in [9.17, 15) is 0 Å². The maximum atomic E-state index is 6.09. The van der Waals surface area contributed by atoms with Gasteiger partial charge in [-0.3, -0.25) is 0 Å². The molecule has 0 spiro atoms. The Balaban J connectivity index is 2.93. The van der Waals surface area contributed by atoms with E-state index in [0.717, 1.165) is 22.0 Å². The standard InChI is InChI=1S/C12H14Cl2/c1-3-4-6-9(2)12-10(13)7-5-8-11(12)14/h3-5,7-9H,6H2,1-2H3/b4-3-. The van der Waals surface area contributed by atoms with Gasteiger partial charge in [0.1, 0.15) is 0 Å². The second-order valence-electron chi connectivity index (χ2n) is 3.34. The van der Waals surface area contributed by atoms with Gasteiger partial charge in [0.05, 0.1) is 0 Å². The summed E-state index contributed by atoms with van der Waals surface area (Å²) in [6.45, 7) is 4.15. The van der Waals surface area contributed by atoms with Crippen molar-refractivity contribution in [3.8, 4) is 0 Å². The molecule has 0 aliphatic rings. The molecule has 0 aromatic heterocycles. The van der Waals surface area contributed by atoms with Crippen molar-refractivity contribution in [1.82, 2.24) is 0 Å². The fraction of sp³-hybridized carbons (Fsp3) is 0.333. The quantitative estimate of drug-likeness (QED) is 0.635. The summed E-state index contributed by atoms with van der Waals surface area (Å²) >= 11 is 12.2. The molecule has 1 atom stereocenters. The summed E-state index contributed by atoms with van der Waals surface area (Å²) in [6, 6.07) is 5.64. The van der Waals surface area contributed by atoms with Gasteiger partial charge in [0.25, 0.3) is 0 Å². The molecule has 0 nitrogen and oxygen atoms in total. The van der Waals surface area contributed by atoms with Crippen LogP contribution in [-0.2, 0) is 0 Å². The van der Waals surface area contributed by atoms with Crippen molar-refractivity contribution in [3.05, 3.63) is 46.0 Å². The van der Waals surface area contributed by atoms with E-state index in [0.29, 0.717) is 5.92 Å². The van der Waals surface area contributed by atoms with Gasteiger partial charge < -0.3 is 0 Å². The first-order valence-electron chi connectivity index (χ1n) is 4.72. The van der Waals surface area contributed by atoms with E-state index in [1.54, 1.807) is 0 Å². The smallest absolute Gasteiger partial charge is 0.0455 e. The van der Waals surface area contributed by atoms with Crippen LogP contribution in [0.5, 0.6) is 0 Å². The molecule has 1 unspecified atom stereocenters. The van der Waals surface area contributed by atoms with Crippen LogP contribution >= 0.6 is 23.2 Å². The van der Waals surface area contributed by atoms with E-state index in [1.807, 2.05) is 31.2 Å². The largest absolute Gasteiger partial charge is 0.0916 e. The summed E-state index contributed by atoms with van der Waals surface area (Å²) in [5.74, 6) is 0.368. The van der Waals surface area contributed by atoms with Crippen LogP contribution in [0.4, 0.5) is 0 Å². The predicted octanol–water partition coefficient (Wildman–Crippen LogP) is 5.06. The Kier molecular flexibility index (Phi) is 4.50. The van der Waals surface area contributed by atoms with E-state index in [-0.39, 0.29) is 0 Å². The SMILES string of the molecule is C/C=C\CC(C)c1c(Cl)cccc1Cl. The first-order valence-corrected chi connectivity index (χ1v) is 5.47. The molecular formula is C12H14Cl2. The molecule has 0 saturated carbocycles. The van der Waals surface area contributed by atoms with Gasteiger partial charge in [-0.1, -0.05) is 48.3 Å². The highest BCUT2D eigenvalue weighted by molar-refractivity contribution is 6.36. The zero-order valence-corrected chi connectivity index (χ0v) is 9.94. The molecule has 0 radical (unpaired) electrons. The predicted molar refractivity (Wildman–Crippen MR) is 64.3 cm³/mol. The summed E-state index contributed by atoms with van der Waals surface area (Å²) in [6.07, 6.45) is 5.14. The number of hydrogen-bond acceptors (Lipinski definition) is 0. The molecule has 0 fully saturated rings. The Hall–Kier alpha value is -0.460. The molecule has 2 heteroatoms. The third kappa shape index (κ3) is 2.76. The molecule has 0 amide bonds. The molecule has 0 heterocycles. The van der Waals surface area contributed by atoms with Crippen molar-refractivity contribution < 1.29 is 0 Å². The molecule has 1 rings (SSSR count). The van der Waals surface area contributed by atoms with Crippen LogP contribution in [-0.4, -0.2) is 0 Å². The topological polar surface area (TPSA) is 0 Å². The fourth-order valence-corrected chi connectivity index (χ4v) is 2.21. The first kappa shape index (κ1) is 11.6. The molecule has 0 N–H and O–H groups in total. The van der Waals surface area contributed by atoms with Gasteiger partial charge in [-0.15, -0.1) is 0 Å². The van der Waals surface area contributed by atoms with E-state index < -0.39 is 0 Å². The van der Waals surface area contributed by atoms with Gasteiger partial charge in [0.15, 0.2) is 0 Å². The Labute approximate surface area is 95.5 Å². The average molecular weight is 229 g/mol. The van der Waals surface area contributed by atoms with Crippen LogP contribution < -0.4 is 0 Å². The number of hydrogen-bond donors (Lipinski definition) is 0. The maximum absolute atomic E-state index is 6.09. The van der Waals surface area contributed by atoms with Crippen LogP contribution in [0.25, 0.3) is 0 Å². The lowest BCUT2D eigenvalue weighted by Crippen LogP contribution is -1.94.